The molecule has 0 unspecified atom stereocenters. The van der Waals surface area contributed by atoms with Crippen molar-refractivity contribution in [1.29, 1.82) is 0 Å². The van der Waals surface area contributed by atoms with Crippen LogP contribution in [0.25, 0.3) is 10.4 Å². The molecule has 22 heavy (non-hydrogen) atoms. The Morgan fingerprint density at radius 3 is 1.68 bits per heavy atom. The van der Waals surface area contributed by atoms with E-state index in [9.17, 15) is 0 Å². The summed E-state index contributed by atoms with van der Waals surface area (Å²) in [4.78, 5) is 2.89. The van der Waals surface area contributed by atoms with Crippen LogP contribution in [-0.2, 0) is 0 Å². The fourth-order valence-corrected chi connectivity index (χ4v) is 19.2. The zero-order valence-electron chi connectivity index (χ0n) is 14.5. The van der Waals surface area contributed by atoms with Crippen LogP contribution in [0.15, 0.2) is 29.4 Å². The van der Waals surface area contributed by atoms with Gasteiger partial charge in [0.1, 0.15) is 0 Å². The van der Waals surface area contributed by atoms with E-state index in [4.69, 9.17) is 5.53 Å². The van der Waals surface area contributed by atoms with Crippen molar-refractivity contribution in [3.8, 4) is 0 Å². The normalized spacial score (nSPS) is 11.2. The van der Waals surface area contributed by atoms with Crippen molar-refractivity contribution in [3.63, 3.8) is 0 Å². The Labute approximate surface area is 140 Å². The molecule has 0 amide bonds. The van der Waals surface area contributed by atoms with Gasteiger partial charge in [-0.2, -0.15) is 0 Å². The van der Waals surface area contributed by atoms with Gasteiger partial charge in [0.2, 0.25) is 0 Å². The minimum atomic E-state index is -2.29. The molecule has 0 N–H and O–H groups in total. The molecule has 0 aliphatic heterocycles. The Morgan fingerprint density at radius 2 is 1.32 bits per heavy atom. The molecule has 0 saturated carbocycles. The molecule has 0 aliphatic carbocycles. The number of benzene rings is 1. The minimum absolute atomic E-state index is 0.743. The van der Waals surface area contributed by atoms with E-state index in [1.165, 1.54) is 51.8 Å². The van der Waals surface area contributed by atoms with Crippen LogP contribution >= 0.6 is 0 Å². The van der Waals surface area contributed by atoms with Gasteiger partial charge in [-0.25, -0.2) is 0 Å². The molecule has 1 aromatic rings. The molecule has 0 aromatic heterocycles. The van der Waals surface area contributed by atoms with E-state index in [0.29, 0.717) is 0 Å². The second kappa shape index (κ2) is 11.0. The van der Waals surface area contributed by atoms with Crippen LogP contribution in [0.5, 0.6) is 0 Å². The molecule has 0 atom stereocenters. The molecule has 0 spiro atoms. The summed E-state index contributed by atoms with van der Waals surface area (Å²) in [5.41, 5.74) is 9.31. The summed E-state index contributed by atoms with van der Waals surface area (Å²) >= 11 is -2.29. The number of hydrogen-bond acceptors (Lipinski definition) is 1. The number of hydrogen-bond donors (Lipinski definition) is 0. The zero-order valence-corrected chi connectivity index (χ0v) is 17.4. The van der Waals surface area contributed by atoms with Gasteiger partial charge < -0.3 is 0 Å². The third kappa shape index (κ3) is 5.85. The fraction of sp³-hybridized carbons (Fsp3) is 0.667. The molecule has 0 fully saturated rings. The van der Waals surface area contributed by atoms with E-state index in [1.54, 1.807) is 3.58 Å². The van der Waals surface area contributed by atoms with Crippen molar-refractivity contribution >= 4 is 27.6 Å². The van der Waals surface area contributed by atoms with Gasteiger partial charge in [-0.15, -0.1) is 0 Å². The summed E-state index contributed by atoms with van der Waals surface area (Å²) < 4.78 is 6.07. The molecule has 4 heteroatoms. The molecule has 0 radical (unpaired) electrons. The quantitative estimate of drug-likeness (QED) is 0.170. The first-order valence-corrected chi connectivity index (χ1v) is 16.4. The van der Waals surface area contributed by atoms with Gasteiger partial charge in [0.25, 0.3) is 0 Å². The van der Waals surface area contributed by atoms with Crippen LogP contribution in [0, 0.1) is 0 Å². The molecule has 122 valence electrons. The Kier molecular flexibility index (Phi) is 9.65. The number of azide groups is 1. The summed E-state index contributed by atoms with van der Waals surface area (Å²) in [6.45, 7) is 6.92. The van der Waals surface area contributed by atoms with Crippen LogP contribution in [0.2, 0.25) is 13.3 Å². The second-order valence-corrected chi connectivity index (χ2v) is 19.6. The summed E-state index contributed by atoms with van der Waals surface area (Å²) in [5.74, 6) is 0. The molecule has 3 nitrogen and oxygen atoms in total. The summed E-state index contributed by atoms with van der Waals surface area (Å²) in [6.07, 6.45) is 8.03. The molecular weight excluding hydrogens is 377 g/mol. The van der Waals surface area contributed by atoms with E-state index >= 15 is 0 Å². The van der Waals surface area contributed by atoms with Gasteiger partial charge in [0, 0.05) is 0 Å². The third-order valence-electron chi connectivity index (χ3n) is 4.67. The van der Waals surface area contributed by atoms with Crippen molar-refractivity contribution < 1.29 is 0 Å². The molecule has 1 rings (SSSR count). The molecular formula is C18H31N3Sn. The summed E-state index contributed by atoms with van der Waals surface area (Å²) in [6, 6.07) is 8.59. The Hall–Kier alpha value is -0.671. The number of rotatable bonds is 11. The maximum atomic E-state index is 8.57. The first-order valence-electron chi connectivity index (χ1n) is 8.88. The van der Waals surface area contributed by atoms with Gasteiger partial charge in [-0.05, 0) is 0 Å². The molecule has 0 saturated heterocycles. The van der Waals surface area contributed by atoms with E-state index in [-0.39, 0.29) is 0 Å². The van der Waals surface area contributed by atoms with Crippen LogP contribution in [0.1, 0.15) is 59.3 Å². The summed E-state index contributed by atoms with van der Waals surface area (Å²) in [7, 11) is 0. The predicted molar refractivity (Wildman–Crippen MR) is 99.8 cm³/mol. The predicted octanol–water partition coefficient (Wildman–Crippen LogP) is 6.68. The van der Waals surface area contributed by atoms with Crippen LogP contribution in [0.3, 0.4) is 0 Å². The first kappa shape index (κ1) is 19.4. The van der Waals surface area contributed by atoms with Gasteiger partial charge in [-0.3, -0.25) is 0 Å². The molecule has 0 bridgehead atoms. The van der Waals surface area contributed by atoms with Gasteiger partial charge in [0.05, 0.1) is 0 Å². The van der Waals surface area contributed by atoms with Gasteiger partial charge in [-0.1, -0.05) is 0 Å². The third-order valence-corrected chi connectivity index (χ3v) is 20.3. The molecule has 0 heterocycles. The van der Waals surface area contributed by atoms with E-state index in [1.807, 2.05) is 12.1 Å². The van der Waals surface area contributed by atoms with Crippen LogP contribution < -0.4 is 3.58 Å². The van der Waals surface area contributed by atoms with E-state index in [0.717, 1.165) is 5.69 Å². The van der Waals surface area contributed by atoms with Crippen molar-refractivity contribution in [2.45, 2.75) is 72.6 Å². The average molecular weight is 408 g/mol. The Morgan fingerprint density at radius 1 is 0.864 bits per heavy atom. The number of nitrogens with zero attached hydrogens (tertiary/aromatic N) is 3. The first-order chi connectivity index (χ1) is 10.7. The number of unbranched alkanes of at least 4 members (excludes halogenated alkanes) is 3. The van der Waals surface area contributed by atoms with Crippen molar-refractivity contribution in [2.24, 2.45) is 5.11 Å². The monoisotopic (exact) mass is 409 g/mol. The van der Waals surface area contributed by atoms with Gasteiger partial charge >= 0.3 is 140 Å². The average Bonchev–Trinajstić information content (AvgIpc) is 2.56. The Balaban J connectivity index is 3.09. The van der Waals surface area contributed by atoms with Crippen molar-refractivity contribution in [3.05, 3.63) is 34.7 Å². The maximum absolute atomic E-state index is 8.57. The van der Waals surface area contributed by atoms with E-state index in [2.05, 4.69) is 42.9 Å². The topological polar surface area (TPSA) is 48.8 Å². The Bertz CT molecular complexity index is 442. The molecule has 0 aliphatic rings. The fourth-order valence-electron chi connectivity index (χ4n) is 3.29. The second-order valence-electron chi connectivity index (χ2n) is 6.33. The van der Waals surface area contributed by atoms with Crippen molar-refractivity contribution in [2.75, 3.05) is 0 Å². The molecule has 1 aromatic carbocycles. The van der Waals surface area contributed by atoms with E-state index < -0.39 is 18.4 Å². The van der Waals surface area contributed by atoms with Crippen LogP contribution in [-0.4, -0.2) is 18.4 Å². The van der Waals surface area contributed by atoms with Gasteiger partial charge in [0.15, 0.2) is 0 Å². The standard InChI is InChI=1S/C6H4N3.3C4H9.Sn/c7-9-8-6-4-2-1-3-5-6;3*1-3-4-2;/h2-5H;3*1,3-4H2,2H3;. The zero-order chi connectivity index (χ0) is 16.3. The van der Waals surface area contributed by atoms with Crippen molar-refractivity contribution in [1.82, 2.24) is 0 Å². The summed E-state index contributed by atoms with van der Waals surface area (Å²) in [5, 5.41) is 3.72. The SMILES string of the molecule is CCC[CH2][Sn]([CH2]CCC)([CH2]CCC)[c]1ccc(N=[N+]=[N-])cc1. The van der Waals surface area contributed by atoms with Crippen LogP contribution in [0.4, 0.5) is 5.69 Å².